The van der Waals surface area contributed by atoms with Gasteiger partial charge in [0, 0.05) is 57.0 Å². The molecule has 5 amide bonds. The van der Waals surface area contributed by atoms with Crippen LogP contribution >= 0.6 is 0 Å². The molecule has 0 radical (unpaired) electrons. The lowest BCUT2D eigenvalue weighted by Crippen LogP contribution is -2.51. The van der Waals surface area contributed by atoms with Crippen LogP contribution in [0.1, 0.15) is 84.2 Å². The molecule has 0 aliphatic rings. The molecule has 22 nitrogen and oxygen atoms in total. The molecule has 8 N–H and O–H groups in total. The molecule has 0 saturated heterocycles. The summed E-state index contributed by atoms with van der Waals surface area (Å²) in [5, 5.41) is 48.4. The van der Waals surface area contributed by atoms with Crippen molar-refractivity contribution in [2.45, 2.75) is 82.8 Å². The maximum atomic E-state index is 12.6. The van der Waals surface area contributed by atoms with Crippen LogP contribution in [0.2, 0.25) is 0 Å². The lowest BCUT2D eigenvalue weighted by atomic mass is 10.1. The SMILES string of the molecule is COCC(=O)NCCOCCOCCOCCNC(=O)c1ccc(C(=O)NCCCCCCc2cn(CCCC[C@H](NC(=O)N[C@@H](CCC(=O)O)C(=O)O)C(=O)O)nn2)cc1. The summed E-state index contributed by atoms with van der Waals surface area (Å²) < 4.78 is 22.6. The van der Waals surface area contributed by atoms with E-state index in [1.807, 2.05) is 6.20 Å². The van der Waals surface area contributed by atoms with Gasteiger partial charge in [0.15, 0.2) is 0 Å². The van der Waals surface area contributed by atoms with Crippen molar-refractivity contribution in [2.24, 2.45) is 0 Å². The molecule has 0 unspecified atom stereocenters. The summed E-state index contributed by atoms with van der Waals surface area (Å²) in [6, 6.07) is 2.65. The van der Waals surface area contributed by atoms with E-state index in [-0.39, 0.29) is 37.2 Å². The first-order chi connectivity index (χ1) is 29.4. The number of carbonyl (C=O) groups excluding carboxylic acids is 4. The number of ether oxygens (including phenoxy) is 4. The number of benzene rings is 1. The average Bonchev–Trinajstić information content (AvgIpc) is 3.68. The van der Waals surface area contributed by atoms with Crippen molar-refractivity contribution in [3.63, 3.8) is 0 Å². The topological polar surface area (TPSA) is 308 Å². The highest BCUT2D eigenvalue weighted by Gasteiger charge is 2.25. The summed E-state index contributed by atoms with van der Waals surface area (Å²) in [4.78, 5) is 82.1. The number of carboxylic acids is 3. The molecule has 2 atom stereocenters. The van der Waals surface area contributed by atoms with Gasteiger partial charge in [0.2, 0.25) is 5.91 Å². The Morgan fingerprint density at radius 3 is 1.77 bits per heavy atom. The third kappa shape index (κ3) is 24.2. The molecule has 0 spiro atoms. The van der Waals surface area contributed by atoms with Crippen molar-refractivity contribution in [3.05, 3.63) is 47.3 Å². The van der Waals surface area contributed by atoms with Gasteiger partial charge < -0.3 is 60.9 Å². The van der Waals surface area contributed by atoms with E-state index in [1.165, 1.54) is 7.11 Å². The molecule has 2 rings (SSSR count). The standard InChI is InChI=1S/C39H60N8O14/c1-58-27-33(48)40-17-20-59-22-24-61-25-23-60-21-18-42-36(52)29-12-10-28(11-13-29)35(51)41-16-6-3-2-4-8-30-26-47(46-45-30)19-7-5-9-31(37(53)54)43-39(57)44-32(38(55)56)14-15-34(49)50/h10-13,26,31-32H,2-9,14-25,27H2,1H3,(H,40,48)(H,41,51)(H,42,52)(H,49,50)(H,53,54)(H,55,56)(H2,43,44,57)/t31-,32-/m0/s1. The fourth-order valence-corrected chi connectivity index (χ4v) is 5.51. The quantitative estimate of drug-likeness (QED) is 0.0440. The van der Waals surface area contributed by atoms with E-state index >= 15 is 0 Å². The smallest absolute Gasteiger partial charge is 0.326 e. The summed E-state index contributed by atoms with van der Waals surface area (Å²) >= 11 is 0. The second kappa shape index (κ2) is 31.2. The van der Waals surface area contributed by atoms with E-state index < -0.39 is 42.4 Å². The van der Waals surface area contributed by atoms with Gasteiger partial charge in [-0.25, -0.2) is 14.4 Å². The molecule has 0 aliphatic carbocycles. The van der Waals surface area contributed by atoms with Gasteiger partial charge in [0.1, 0.15) is 18.7 Å². The molecule has 340 valence electrons. The molecule has 1 heterocycles. The van der Waals surface area contributed by atoms with Gasteiger partial charge >= 0.3 is 23.9 Å². The van der Waals surface area contributed by atoms with Gasteiger partial charge in [0.25, 0.3) is 11.8 Å². The summed E-state index contributed by atoms with van der Waals surface area (Å²) in [7, 11) is 1.45. The number of unbranched alkanes of at least 4 members (excludes halogenated alkanes) is 4. The van der Waals surface area contributed by atoms with Gasteiger partial charge in [-0.3, -0.25) is 23.9 Å². The van der Waals surface area contributed by atoms with Crippen LogP contribution in [0.3, 0.4) is 0 Å². The second-order valence-electron chi connectivity index (χ2n) is 13.7. The van der Waals surface area contributed by atoms with E-state index in [1.54, 1.807) is 28.9 Å². The molecule has 1 aromatic carbocycles. The third-order valence-corrected chi connectivity index (χ3v) is 8.74. The zero-order valence-corrected chi connectivity index (χ0v) is 34.6. The Morgan fingerprint density at radius 2 is 1.20 bits per heavy atom. The van der Waals surface area contributed by atoms with Gasteiger partial charge in [-0.1, -0.05) is 18.1 Å². The Morgan fingerprint density at radius 1 is 0.656 bits per heavy atom. The Balaban J connectivity index is 1.50. The normalized spacial score (nSPS) is 11.9. The first-order valence-corrected chi connectivity index (χ1v) is 20.2. The maximum absolute atomic E-state index is 12.6. The Kier molecular flexibility index (Phi) is 26.3. The number of hydrogen-bond acceptors (Lipinski definition) is 13. The highest BCUT2D eigenvalue weighted by Crippen LogP contribution is 2.09. The largest absolute Gasteiger partial charge is 0.481 e. The molecule has 1 aromatic heterocycles. The molecular formula is C39H60N8O14. The van der Waals surface area contributed by atoms with Crippen LogP contribution in [0.4, 0.5) is 4.79 Å². The van der Waals surface area contributed by atoms with Crippen molar-refractivity contribution < 1.29 is 67.8 Å². The number of aryl methyl sites for hydroxylation is 2. The average molecular weight is 865 g/mol. The number of urea groups is 1. The van der Waals surface area contributed by atoms with E-state index in [0.29, 0.717) is 89.8 Å². The second-order valence-corrected chi connectivity index (χ2v) is 13.7. The summed E-state index contributed by atoms with van der Waals surface area (Å²) in [6.07, 6.45) is 6.26. The monoisotopic (exact) mass is 864 g/mol. The number of rotatable bonds is 35. The van der Waals surface area contributed by atoms with Crippen LogP contribution in [0, 0.1) is 0 Å². The van der Waals surface area contributed by atoms with Crippen molar-refractivity contribution >= 4 is 41.7 Å². The predicted octanol–water partition coefficient (Wildman–Crippen LogP) is 0.594. The molecule has 0 fully saturated rings. The molecule has 0 saturated carbocycles. The molecule has 22 heteroatoms. The van der Waals surface area contributed by atoms with Gasteiger partial charge in [-0.05, 0) is 69.2 Å². The van der Waals surface area contributed by atoms with Crippen molar-refractivity contribution in [3.8, 4) is 0 Å². The minimum atomic E-state index is -1.47. The number of nitrogens with zero attached hydrogens (tertiary/aromatic N) is 3. The molecule has 0 bridgehead atoms. The van der Waals surface area contributed by atoms with E-state index in [9.17, 15) is 43.8 Å². The minimum absolute atomic E-state index is 0.0142. The van der Waals surface area contributed by atoms with Crippen molar-refractivity contribution in [1.82, 2.24) is 41.6 Å². The first-order valence-electron chi connectivity index (χ1n) is 20.2. The number of nitrogens with one attached hydrogen (secondary N) is 5. The Bertz CT molecular complexity index is 1640. The zero-order valence-electron chi connectivity index (χ0n) is 34.6. The van der Waals surface area contributed by atoms with Crippen LogP contribution in [0.25, 0.3) is 0 Å². The number of hydrogen-bond donors (Lipinski definition) is 8. The van der Waals surface area contributed by atoms with Gasteiger partial charge in [-0.2, -0.15) is 0 Å². The van der Waals surface area contributed by atoms with Crippen LogP contribution < -0.4 is 26.6 Å². The summed E-state index contributed by atoms with van der Waals surface area (Å²) in [5.74, 6) is -4.64. The Hall–Kier alpha value is -5.71. The lowest BCUT2D eigenvalue weighted by Gasteiger charge is -2.18. The molecule has 2 aromatic rings. The minimum Gasteiger partial charge on any atom is -0.481 e. The van der Waals surface area contributed by atoms with Crippen LogP contribution in [-0.2, 0) is 51.1 Å². The highest BCUT2D eigenvalue weighted by molar-refractivity contribution is 5.97. The number of carboxylic acid groups (broad SMARTS) is 3. The summed E-state index contributed by atoms with van der Waals surface area (Å²) in [6.45, 7) is 3.90. The lowest BCUT2D eigenvalue weighted by molar-refractivity contribution is -0.141. The van der Waals surface area contributed by atoms with E-state index in [0.717, 1.165) is 37.8 Å². The predicted molar refractivity (Wildman–Crippen MR) is 216 cm³/mol. The van der Waals surface area contributed by atoms with Crippen molar-refractivity contribution in [1.29, 1.82) is 0 Å². The molecule has 61 heavy (non-hydrogen) atoms. The van der Waals surface area contributed by atoms with E-state index in [4.69, 9.17) is 24.1 Å². The van der Waals surface area contributed by atoms with Crippen molar-refractivity contribution in [2.75, 3.05) is 73.0 Å². The van der Waals surface area contributed by atoms with E-state index in [2.05, 4.69) is 36.9 Å². The number of methoxy groups -OCH3 is 1. The highest BCUT2D eigenvalue weighted by atomic mass is 16.5. The maximum Gasteiger partial charge on any atom is 0.326 e. The zero-order chi connectivity index (χ0) is 44.7. The number of aliphatic carboxylic acids is 3. The Labute approximate surface area is 353 Å². The fraction of sp³-hybridized carbons (Fsp3) is 0.615. The van der Waals surface area contributed by atoms with Crippen LogP contribution in [0.15, 0.2) is 30.5 Å². The molecular weight excluding hydrogens is 804 g/mol. The van der Waals surface area contributed by atoms with Gasteiger partial charge in [-0.15, -0.1) is 5.10 Å². The first kappa shape index (κ1) is 51.4. The molecule has 0 aliphatic heterocycles. The summed E-state index contributed by atoms with van der Waals surface area (Å²) in [5.41, 5.74) is 1.69. The van der Waals surface area contributed by atoms with Crippen LogP contribution in [-0.4, -0.2) is 157 Å². The fourth-order valence-electron chi connectivity index (χ4n) is 5.51. The number of amides is 5. The third-order valence-electron chi connectivity index (χ3n) is 8.74. The van der Waals surface area contributed by atoms with Crippen LogP contribution in [0.5, 0.6) is 0 Å². The number of aromatic nitrogens is 3. The van der Waals surface area contributed by atoms with Gasteiger partial charge in [0.05, 0.1) is 45.3 Å². The number of carbonyl (C=O) groups is 7.